The van der Waals surface area contributed by atoms with Gasteiger partial charge in [-0.05, 0) is 108 Å². The predicted molar refractivity (Wildman–Crippen MR) is 116 cm³/mol. The average Bonchev–Trinajstić information content (AvgIpc) is 2.89. The summed E-state index contributed by atoms with van der Waals surface area (Å²) in [4.78, 5) is 11.5. The third-order valence-corrected chi connectivity index (χ3v) is 5.88. The molecular weight excluding hydrogens is 379 g/mol. The Kier molecular flexibility index (Phi) is 5.17. The molecule has 152 valence electrons. The lowest BCUT2D eigenvalue weighted by atomic mass is 9.84. The zero-order valence-corrected chi connectivity index (χ0v) is 17.0. The number of aromatic hydroxyl groups is 1. The molecule has 0 saturated heterocycles. The zero-order chi connectivity index (χ0) is 21.4. The van der Waals surface area contributed by atoms with Crippen LogP contribution in [-0.2, 0) is 6.42 Å². The number of fused-ring (bicyclic) bond motifs is 1. The van der Waals surface area contributed by atoms with Gasteiger partial charge in [0.1, 0.15) is 11.6 Å². The van der Waals surface area contributed by atoms with Crippen LogP contribution in [0, 0.1) is 19.7 Å². The number of aryl methyl sites for hydroxylation is 2. The summed E-state index contributed by atoms with van der Waals surface area (Å²) in [6.45, 7) is 3.78. The maximum Gasteiger partial charge on any atom is 0.335 e. The van der Waals surface area contributed by atoms with Crippen LogP contribution in [0.15, 0.2) is 54.6 Å². The molecular formula is C26H23FO3. The van der Waals surface area contributed by atoms with Crippen LogP contribution in [0.2, 0.25) is 0 Å². The van der Waals surface area contributed by atoms with E-state index in [1.165, 1.54) is 12.1 Å². The Morgan fingerprint density at radius 1 is 0.933 bits per heavy atom. The molecule has 0 saturated carbocycles. The first kappa shape index (κ1) is 19.9. The van der Waals surface area contributed by atoms with Crippen molar-refractivity contribution in [3.8, 4) is 5.75 Å². The largest absolute Gasteiger partial charge is 0.508 e. The zero-order valence-electron chi connectivity index (χ0n) is 17.0. The van der Waals surface area contributed by atoms with Crippen molar-refractivity contribution in [1.82, 2.24) is 0 Å². The summed E-state index contributed by atoms with van der Waals surface area (Å²) in [5.41, 5.74) is 7.76. The number of aromatic carboxylic acids is 1. The highest BCUT2D eigenvalue weighted by atomic mass is 19.1. The molecule has 0 bridgehead atoms. The van der Waals surface area contributed by atoms with E-state index in [9.17, 15) is 19.4 Å². The number of hydrogen-bond acceptors (Lipinski definition) is 2. The van der Waals surface area contributed by atoms with Gasteiger partial charge >= 0.3 is 5.97 Å². The molecule has 0 heterocycles. The Labute approximate surface area is 175 Å². The van der Waals surface area contributed by atoms with Gasteiger partial charge < -0.3 is 10.2 Å². The van der Waals surface area contributed by atoms with Gasteiger partial charge in [-0.2, -0.15) is 0 Å². The van der Waals surface area contributed by atoms with E-state index >= 15 is 0 Å². The van der Waals surface area contributed by atoms with Crippen molar-refractivity contribution in [2.75, 3.05) is 0 Å². The normalized spacial score (nSPS) is 13.7. The fraction of sp³-hybridized carbons (Fsp3) is 0.192. The van der Waals surface area contributed by atoms with Gasteiger partial charge in [-0.1, -0.05) is 24.3 Å². The number of phenolic OH excluding ortho intramolecular Hbond substituents is 1. The second-order valence-electron chi connectivity index (χ2n) is 7.79. The molecule has 1 aliphatic rings. The summed E-state index contributed by atoms with van der Waals surface area (Å²) in [6, 6.07) is 15.5. The van der Waals surface area contributed by atoms with E-state index in [2.05, 4.69) is 0 Å². The molecule has 0 aromatic heterocycles. The van der Waals surface area contributed by atoms with Crippen LogP contribution < -0.4 is 0 Å². The minimum atomic E-state index is -0.948. The Balaban J connectivity index is 2.07. The van der Waals surface area contributed by atoms with E-state index in [0.717, 1.165) is 63.8 Å². The number of hydrogen-bond donors (Lipinski definition) is 2. The summed E-state index contributed by atoms with van der Waals surface area (Å²) in [5, 5.41) is 19.8. The molecule has 2 N–H and O–H groups in total. The number of phenols is 1. The highest BCUT2D eigenvalue weighted by molar-refractivity contribution is 6.02. The minimum absolute atomic E-state index is 0.211. The molecule has 0 amide bonds. The van der Waals surface area contributed by atoms with Gasteiger partial charge in [-0.15, -0.1) is 0 Å². The van der Waals surface area contributed by atoms with Crippen LogP contribution in [0.3, 0.4) is 0 Å². The number of carbonyl (C=O) groups is 1. The lowest BCUT2D eigenvalue weighted by molar-refractivity contribution is 0.0696. The third-order valence-electron chi connectivity index (χ3n) is 5.88. The average molecular weight is 402 g/mol. The Morgan fingerprint density at radius 3 is 2.43 bits per heavy atom. The molecule has 0 radical (unpaired) electrons. The summed E-state index contributed by atoms with van der Waals surface area (Å²) < 4.78 is 13.8. The van der Waals surface area contributed by atoms with Crippen LogP contribution >= 0.6 is 0 Å². The highest BCUT2D eigenvalue weighted by Gasteiger charge is 2.23. The van der Waals surface area contributed by atoms with Crippen LogP contribution in [0.4, 0.5) is 4.39 Å². The van der Waals surface area contributed by atoms with Crippen molar-refractivity contribution < 1.29 is 19.4 Å². The minimum Gasteiger partial charge on any atom is -0.508 e. The summed E-state index contributed by atoms with van der Waals surface area (Å²) in [5.74, 6) is -1.01. The van der Waals surface area contributed by atoms with Gasteiger partial charge in [-0.25, -0.2) is 9.18 Å². The first-order valence-corrected chi connectivity index (χ1v) is 10.0. The third kappa shape index (κ3) is 3.50. The van der Waals surface area contributed by atoms with Gasteiger partial charge in [0.05, 0.1) is 5.56 Å². The van der Waals surface area contributed by atoms with Crippen molar-refractivity contribution in [3.63, 3.8) is 0 Å². The lowest BCUT2D eigenvalue weighted by Crippen LogP contribution is -2.02. The highest BCUT2D eigenvalue weighted by Crippen LogP contribution is 2.43. The van der Waals surface area contributed by atoms with Gasteiger partial charge in [-0.3, -0.25) is 0 Å². The Bertz CT molecular complexity index is 1190. The number of carboxylic acids is 1. The molecule has 0 fully saturated rings. The fourth-order valence-corrected chi connectivity index (χ4v) is 4.36. The number of carboxylic acid groups (broad SMARTS) is 1. The van der Waals surface area contributed by atoms with Crippen LogP contribution in [0.1, 0.15) is 56.6 Å². The molecule has 1 aliphatic carbocycles. The molecule has 0 spiro atoms. The van der Waals surface area contributed by atoms with Crippen molar-refractivity contribution >= 4 is 17.1 Å². The Hall–Kier alpha value is -3.40. The van der Waals surface area contributed by atoms with Gasteiger partial charge in [0.25, 0.3) is 0 Å². The van der Waals surface area contributed by atoms with Crippen molar-refractivity contribution in [2.45, 2.75) is 33.1 Å². The molecule has 3 aromatic carbocycles. The number of allylic oxidation sites excluding steroid dienone is 1. The second kappa shape index (κ2) is 7.79. The number of rotatable bonds is 3. The van der Waals surface area contributed by atoms with E-state index in [-0.39, 0.29) is 17.1 Å². The van der Waals surface area contributed by atoms with E-state index in [1.807, 2.05) is 38.1 Å². The maximum absolute atomic E-state index is 13.8. The molecule has 30 heavy (non-hydrogen) atoms. The molecule has 0 unspecified atom stereocenters. The topological polar surface area (TPSA) is 57.5 Å². The van der Waals surface area contributed by atoms with Gasteiger partial charge in [0.2, 0.25) is 0 Å². The van der Waals surface area contributed by atoms with Crippen LogP contribution in [0.25, 0.3) is 11.1 Å². The van der Waals surface area contributed by atoms with E-state index in [4.69, 9.17) is 0 Å². The lowest BCUT2D eigenvalue weighted by Gasteiger charge is -2.20. The molecule has 4 rings (SSSR count). The second-order valence-corrected chi connectivity index (χ2v) is 7.79. The first-order valence-electron chi connectivity index (χ1n) is 10.0. The van der Waals surface area contributed by atoms with Crippen LogP contribution in [-0.4, -0.2) is 16.2 Å². The van der Waals surface area contributed by atoms with Crippen molar-refractivity contribution in [1.29, 1.82) is 0 Å². The smallest absolute Gasteiger partial charge is 0.335 e. The van der Waals surface area contributed by atoms with Crippen LogP contribution in [0.5, 0.6) is 5.75 Å². The SMILES string of the molecule is Cc1cc(F)ccc1C1=C(c2cccc(O)c2C)c2ccc(C(=O)O)cc2CCC1. The maximum atomic E-state index is 13.8. The molecule has 4 heteroatoms. The fourth-order valence-electron chi connectivity index (χ4n) is 4.36. The van der Waals surface area contributed by atoms with E-state index < -0.39 is 5.97 Å². The standard InChI is InChI=1S/C26H23FO3/c1-15-13-19(27)10-12-20(15)23-7-3-5-17-14-18(26(29)30)9-11-22(17)25(23)21-6-4-8-24(28)16(21)2/h4,6,8-14,28H,3,5,7H2,1-2H3,(H,29,30). The van der Waals surface area contributed by atoms with Crippen molar-refractivity contribution in [2.24, 2.45) is 0 Å². The molecule has 0 aliphatic heterocycles. The van der Waals surface area contributed by atoms with Gasteiger partial charge in [0, 0.05) is 0 Å². The van der Waals surface area contributed by atoms with Gasteiger partial charge in [0.15, 0.2) is 0 Å². The van der Waals surface area contributed by atoms with E-state index in [1.54, 1.807) is 18.2 Å². The van der Waals surface area contributed by atoms with Crippen molar-refractivity contribution in [3.05, 3.63) is 99.4 Å². The predicted octanol–water partition coefficient (Wildman–Crippen LogP) is 6.14. The molecule has 3 aromatic rings. The first-order chi connectivity index (χ1) is 14.4. The summed E-state index contributed by atoms with van der Waals surface area (Å²) in [6.07, 6.45) is 2.37. The summed E-state index contributed by atoms with van der Waals surface area (Å²) in [7, 11) is 0. The Morgan fingerprint density at radius 2 is 1.70 bits per heavy atom. The summed E-state index contributed by atoms with van der Waals surface area (Å²) >= 11 is 0. The molecule has 0 atom stereocenters. The number of halogens is 1. The molecule has 3 nitrogen and oxygen atoms in total. The van der Waals surface area contributed by atoms with E-state index in [0.29, 0.717) is 0 Å². The quantitative estimate of drug-likeness (QED) is 0.553. The monoisotopic (exact) mass is 402 g/mol. The number of benzene rings is 3.